The number of hydrogen-bond acceptors (Lipinski definition) is 4. The van der Waals surface area contributed by atoms with Crippen LogP contribution in [0.15, 0.2) is 24.3 Å². The fourth-order valence-corrected chi connectivity index (χ4v) is 3.04. The Kier molecular flexibility index (Phi) is 5.80. The quantitative estimate of drug-likeness (QED) is 0.872. The third kappa shape index (κ3) is 4.21. The number of piperazine rings is 1. The number of methoxy groups -OCH3 is 1. The third-order valence-corrected chi connectivity index (χ3v) is 4.04. The predicted molar refractivity (Wildman–Crippen MR) is 86.2 cm³/mol. The van der Waals surface area contributed by atoms with Crippen molar-refractivity contribution in [3.8, 4) is 5.75 Å². The van der Waals surface area contributed by atoms with Gasteiger partial charge in [-0.15, -0.1) is 0 Å². The van der Waals surface area contributed by atoms with Crippen molar-refractivity contribution in [3.63, 3.8) is 0 Å². The second kappa shape index (κ2) is 7.61. The van der Waals surface area contributed by atoms with Crippen molar-refractivity contribution in [2.45, 2.75) is 19.9 Å². The first-order chi connectivity index (χ1) is 10.5. The highest BCUT2D eigenvalue weighted by atomic mass is 16.5. The molecule has 1 aromatic carbocycles. The Bertz CT molecular complexity index is 496. The SMILES string of the molecule is COc1cccc(C(C(=O)O)N2CCN(CC(C)C)CC2)c1. The number of carboxylic acids is 1. The molecule has 0 saturated carbocycles. The Balaban J connectivity index is 2.08. The summed E-state index contributed by atoms with van der Waals surface area (Å²) >= 11 is 0. The number of benzene rings is 1. The Hall–Kier alpha value is -1.59. The molecule has 0 spiro atoms. The summed E-state index contributed by atoms with van der Waals surface area (Å²) < 4.78 is 5.21. The maximum absolute atomic E-state index is 11.8. The molecule has 2 rings (SSSR count). The van der Waals surface area contributed by atoms with Crippen LogP contribution in [0.1, 0.15) is 25.5 Å². The summed E-state index contributed by atoms with van der Waals surface area (Å²) in [6, 6.07) is 6.76. The standard InChI is InChI=1S/C17H26N2O3/c1-13(2)12-18-7-9-19(10-8-18)16(17(20)21)14-5-4-6-15(11-14)22-3/h4-6,11,13,16H,7-10,12H2,1-3H3,(H,20,21). The highest BCUT2D eigenvalue weighted by Crippen LogP contribution is 2.25. The van der Waals surface area contributed by atoms with Gasteiger partial charge in [-0.1, -0.05) is 26.0 Å². The Morgan fingerprint density at radius 2 is 1.95 bits per heavy atom. The first-order valence-corrected chi connectivity index (χ1v) is 7.84. The lowest BCUT2D eigenvalue weighted by Gasteiger charge is -2.38. The van der Waals surface area contributed by atoms with E-state index in [1.54, 1.807) is 7.11 Å². The normalized spacial score (nSPS) is 18.4. The molecule has 1 N–H and O–H groups in total. The van der Waals surface area contributed by atoms with E-state index in [4.69, 9.17) is 4.74 Å². The first kappa shape index (κ1) is 16.8. The highest BCUT2D eigenvalue weighted by molar-refractivity contribution is 5.75. The molecule has 1 unspecified atom stereocenters. The largest absolute Gasteiger partial charge is 0.497 e. The van der Waals surface area contributed by atoms with Gasteiger partial charge >= 0.3 is 5.97 Å². The van der Waals surface area contributed by atoms with Crippen molar-refractivity contribution in [2.24, 2.45) is 5.92 Å². The van der Waals surface area contributed by atoms with Gasteiger partial charge < -0.3 is 14.7 Å². The van der Waals surface area contributed by atoms with Crippen LogP contribution in [0.3, 0.4) is 0 Å². The van der Waals surface area contributed by atoms with Crippen molar-refractivity contribution in [3.05, 3.63) is 29.8 Å². The number of aliphatic carboxylic acids is 1. The fraction of sp³-hybridized carbons (Fsp3) is 0.588. The van der Waals surface area contributed by atoms with Gasteiger partial charge in [0.25, 0.3) is 0 Å². The molecule has 1 atom stereocenters. The minimum Gasteiger partial charge on any atom is -0.497 e. The Labute approximate surface area is 132 Å². The Morgan fingerprint density at radius 3 is 2.50 bits per heavy atom. The molecule has 1 aliphatic heterocycles. The molecule has 1 fully saturated rings. The molecular formula is C17H26N2O3. The third-order valence-electron chi connectivity index (χ3n) is 4.04. The Morgan fingerprint density at radius 1 is 1.27 bits per heavy atom. The van der Waals surface area contributed by atoms with Crippen molar-refractivity contribution < 1.29 is 14.6 Å². The molecule has 1 saturated heterocycles. The smallest absolute Gasteiger partial charge is 0.325 e. The van der Waals surface area contributed by atoms with Crippen LogP contribution < -0.4 is 4.74 Å². The molecule has 0 radical (unpaired) electrons. The average Bonchev–Trinajstić information content (AvgIpc) is 2.48. The van der Waals surface area contributed by atoms with Crippen molar-refractivity contribution in [1.82, 2.24) is 9.80 Å². The lowest BCUT2D eigenvalue weighted by atomic mass is 10.0. The van der Waals surface area contributed by atoms with E-state index >= 15 is 0 Å². The van der Waals surface area contributed by atoms with E-state index < -0.39 is 12.0 Å². The van der Waals surface area contributed by atoms with Crippen molar-refractivity contribution in [2.75, 3.05) is 39.8 Å². The maximum Gasteiger partial charge on any atom is 0.325 e. The lowest BCUT2D eigenvalue weighted by molar-refractivity contribution is -0.144. The molecule has 1 heterocycles. The number of ether oxygens (including phenoxy) is 1. The number of rotatable bonds is 6. The summed E-state index contributed by atoms with van der Waals surface area (Å²) in [6.45, 7) is 8.90. The lowest BCUT2D eigenvalue weighted by Crippen LogP contribution is -2.49. The topological polar surface area (TPSA) is 53.0 Å². The van der Waals surface area contributed by atoms with Gasteiger partial charge in [0.15, 0.2) is 0 Å². The summed E-state index contributed by atoms with van der Waals surface area (Å²) in [5, 5.41) is 9.66. The predicted octanol–water partition coefficient (Wildman–Crippen LogP) is 2.09. The molecule has 122 valence electrons. The number of hydrogen-bond donors (Lipinski definition) is 1. The summed E-state index contributed by atoms with van der Waals surface area (Å²) in [6.07, 6.45) is 0. The minimum atomic E-state index is -0.800. The first-order valence-electron chi connectivity index (χ1n) is 7.84. The van der Waals surface area contributed by atoms with Gasteiger partial charge in [0.05, 0.1) is 7.11 Å². The molecule has 0 bridgehead atoms. The van der Waals surface area contributed by atoms with Crippen molar-refractivity contribution >= 4 is 5.97 Å². The molecule has 22 heavy (non-hydrogen) atoms. The van der Waals surface area contributed by atoms with Crippen LogP contribution in [0.4, 0.5) is 0 Å². The van der Waals surface area contributed by atoms with Crippen LogP contribution in [0, 0.1) is 5.92 Å². The van der Waals surface area contributed by atoms with Crippen LogP contribution >= 0.6 is 0 Å². The van der Waals surface area contributed by atoms with Crippen LogP contribution in [-0.4, -0.2) is 60.7 Å². The molecule has 5 nitrogen and oxygen atoms in total. The molecule has 0 aliphatic carbocycles. The van der Waals surface area contributed by atoms with Gasteiger partial charge in [0.1, 0.15) is 11.8 Å². The van der Waals surface area contributed by atoms with Gasteiger partial charge in [-0.3, -0.25) is 9.69 Å². The molecule has 1 aromatic rings. The second-order valence-corrected chi connectivity index (χ2v) is 6.25. The van der Waals surface area contributed by atoms with Crippen molar-refractivity contribution in [1.29, 1.82) is 0 Å². The van der Waals surface area contributed by atoms with E-state index in [-0.39, 0.29) is 0 Å². The van der Waals surface area contributed by atoms with Gasteiger partial charge in [0, 0.05) is 32.7 Å². The van der Waals surface area contributed by atoms with Gasteiger partial charge in [-0.05, 0) is 23.6 Å². The second-order valence-electron chi connectivity index (χ2n) is 6.25. The van der Waals surface area contributed by atoms with Crippen LogP contribution in [0.5, 0.6) is 5.75 Å². The summed E-state index contributed by atoms with van der Waals surface area (Å²) in [4.78, 5) is 16.2. The highest BCUT2D eigenvalue weighted by Gasteiger charge is 2.30. The molecule has 0 aromatic heterocycles. The van der Waals surface area contributed by atoms with Gasteiger partial charge in [-0.2, -0.15) is 0 Å². The summed E-state index contributed by atoms with van der Waals surface area (Å²) in [5.41, 5.74) is 0.782. The van der Waals surface area contributed by atoms with E-state index in [0.29, 0.717) is 11.7 Å². The molecule has 0 amide bonds. The van der Waals surface area contributed by atoms with Crippen LogP contribution in [-0.2, 0) is 4.79 Å². The molecule has 5 heteroatoms. The minimum absolute atomic E-state index is 0.601. The van der Waals surface area contributed by atoms with Crippen LogP contribution in [0.2, 0.25) is 0 Å². The summed E-state index contributed by atoms with van der Waals surface area (Å²) in [5.74, 6) is 0.535. The van der Waals surface area contributed by atoms with E-state index in [1.165, 1.54) is 0 Å². The van der Waals surface area contributed by atoms with Gasteiger partial charge in [-0.25, -0.2) is 0 Å². The number of carbonyl (C=O) groups is 1. The molecule has 1 aliphatic rings. The van der Waals surface area contributed by atoms with E-state index in [1.807, 2.05) is 29.2 Å². The number of nitrogens with zero attached hydrogens (tertiary/aromatic N) is 2. The van der Waals surface area contributed by atoms with Crippen LogP contribution in [0.25, 0.3) is 0 Å². The monoisotopic (exact) mass is 306 g/mol. The maximum atomic E-state index is 11.8. The zero-order chi connectivity index (χ0) is 16.1. The molecular weight excluding hydrogens is 280 g/mol. The fourth-order valence-electron chi connectivity index (χ4n) is 3.04. The van der Waals surface area contributed by atoms with E-state index in [0.717, 1.165) is 38.3 Å². The van der Waals surface area contributed by atoms with Gasteiger partial charge in [0.2, 0.25) is 0 Å². The number of carboxylic acid groups (broad SMARTS) is 1. The van der Waals surface area contributed by atoms with E-state index in [9.17, 15) is 9.90 Å². The zero-order valence-electron chi connectivity index (χ0n) is 13.7. The van der Waals surface area contributed by atoms with E-state index in [2.05, 4.69) is 18.7 Å². The zero-order valence-corrected chi connectivity index (χ0v) is 13.7. The average molecular weight is 306 g/mol. The summed E-state index contributed by atoms with van der Waals surface area (Å²) in [7, 11) is 1.60.